The fraction of sp³-hybridized carbons (Fsp3) is 1.00. The van der Waals surface area contributed by atoms with Crippen molar-refractivity contribution in [3.63, 3.8) is 0 Å². The summed E-state index contributed by atoms with van der Waals surface area (Å²) in [7, 11) is 1.93. The van der Waals surface area contributed by atoms with Crippen LogP contribution >= 0.6 is 0 Å². The van der Waals surface area contributed by atoms with Gasteiger partial charge in [0.1, 0.15) is 0 Å². The smallest absolute Gasteiger partial charge is 0.0184 e. The molecule has 0 heterocycles. The van der Waals surface area contributed by atoms with Gasteiger partial charge in [0.15, 0.2) is 0 Å². The Hall–Kier alpha value is -0.0800. The SMILES string of the molecule is CC[C@H](CN)NC. The topological polar surface area (TPSA) is 38.0 Å². The Morgan fingerprint density at radius 3 is 2.29 bits per heavy atom. The number of hydrogen-bond acceptors (Lipinski definition) is 2. The molecule has 0 rings (SSSR count). The molecule has 0 aliphatic rings. The van der Waals surface area contributed by atoms with Crippen molar-refractivity contribution >= 4 is 0 Å². The lowest BCUT2D eigenvalue weighted by Crippen LogP contribution is -2.32. The third kappa shape index (κ3) is 2.60. The minimum absolute atomic E-state index is 0.514. The maximum absolute atomic E-state index is 5.33. The molecule has 1 atom stereocenters. The lowest BCUT2D eigenvalue weighted by molar-refractivity contribution is 0.556. The van der Waals surface area contributed by atoms with E-state index < -0.39 is 0 Å². The molecule has 0 saturated heterocycles. The van der Waals surface area contributed by atoms with Crippen molar-refractivity contribution < 1.29 is 0 Å². The van der Waals surface area contributed by atoms with Crippen LogP contribution in [0.4, 0.5) is 0 Å². The monoisotopic (exact) mass is 102 g/mol. The van der Waals surface area contributed by atoms with Crippen LogP contribution in [-0.2, 0) is 0 Å². The zero-order valence-corrected chi connectivity index (χ0v) is 5.07. The van der Waals surface area contributed by atoms with Gasteiger partial charge in [-0.3, -0.25) is 0 Å². The highest BCUT2D eigenvalue weighted by Crippen LogP contribution is 1.82. The molecule has 7 heavy (non-hydrogen) atoms. The Bertz CT molecular complexity index is 27.6. The molecule has 0 radical (unpaired) electrons. The quantitative estimate of drug-likeness (QED) is 0.524. The molecular formula is C5H14N2. The summed E-state index contributed by atoms with van der Waals surface area (Å²) in [5.41, 5.74) is 5.33. The third-order valence-electron chi connectivity index (χ3n) is 1.19. The van der Waals surface area contributed by atoms with Gasteiger partial charge in [-0.15, -0.1) is 0 Å². The molecule has 0 unspecified atom stereocenters. The van der Waals surface area contributed by atoms with Crippen LogP contribution in [0.15, 0.2) is 0 Å². The van der Waals surface area contributed by atoms with Gasteiger partial charge in [0.25, 0.3) is 0 Å². The Balaban J connectivity index is 2.99. The summed E-state index contributed by atoms with van der Waals surface area (Å²) < 4.78 is 0. The van der Waals surface area contributed by atoms with Crippen LogP contribution < -0.4 is 11.1 Å². The molecule has 0 aliphatic carbocycles. The fourth-order valence-electron chi connectivity index (χ4n) is 0.489. The zero-order chi connectivity index (χ0) is 5.70. The maximum Gasteiger partial charge on any atom is 0.0184 e. The second-order valence-corrected chi connectivity index (χ2v) is 1.63. The van der Waals surface area contributed by atoms with Crippen LogP contribution in [0, 0.1) is 0 Å². The predicted octanol–water partition coefficient (Wildman–Crippen LogP) is -0.0569. The summed E-state index contributed by atoms with van der Waals surface area (Å²) in [5.74, 6) is 0. The molecule has 0 aromatic rings. The van der Waals surface area contributed by atoms with Crippen LogP contribution in [0.3, 0.4) is 0 Å². The molecule has 0 aromatic carbocycles. The van der Waals surface area contributed by atoms with E-state index in [4.69, 9.17) is 5.73 Å². The van der Waals surface area contributed by atoms with Crippen molar-refractivity contribution in [3.05, 3.63) is 0 Å². The third-order valence-corrected chi connectivity index (χ3v) is 1.19. The van der Waals surface area contributed by atoms with Gasteiger partial charge in [0.05, 0.1) is 0 Å². The minimum atomic E-state index is 0.514. The fourth-order valence-corrected chi connectivity index (χ4v) is 0.489. The summed E-state index contributed by atoms with van der Waals surface area (Å²) in [6, 6.07) is 0.514. The van der Waals surface area contributed by atoms with Crippen molar-refractivity contribution in [2.24, 2.45) is 5.73 Å². The summed E-state index contributed by atoms with van der Waals surface area (Å²) in [6.45, 7) is 2.86. The van der Waals surface area contributed by atoms with E-state index in [9.17, 15) is 0 Å². The van der Waals surface area contributed by atoms with Crippen LogP contribution in [0.2, 0.25) is 0 Å². The first-order valence-electron chi connectivity index (χ1n) is 2.72. The molecule has 2 nitrogen and oxygen atoms in total. The Morgan fingerprint density at radius 1 is 1.71 bits per heavy atom. The molecule has 0 aromatic heterocycles. The summed E-state index contributed by atoms with van der Waals surface area (Å²) in [5, 5.41) is 3.08. The lowest BCUT2D eigenvalue weighted by atomic mass is 10.2. The number of hydrogen-bond donors (Lipinski definition) is 2. The van der Waals surface area contributed by atoms with Crippen molar-refractivity contribution in [3.8, 4) is 0 Å². The first-order valence-corrected chi connectivity index (χ1v) is 2.72. The highest BCUT2D eigenvalue weighted by atomic mass is 14.9. The Morgan fingerprint density at radius 2 is 2.29 bits per heavy atom. The van der Waals surface area contributed by atoms with Gasteiger partial charge in [-0.25, -0.2) is 0 Å². The molecule has 44 valence electrons. The molecule has 0 saturated carbocycles. The van der Waals surface area contributed by atoms with Crippen molar-refractivity contribution in [1.82, 2.24) is 5.32 Å². The molecule has 0 spiro atoms. The Labute approximate surface area is 45.1 Å². The van der Waals surface area contributed by atoms with E-state index in [0.29, 0.717) is 6.04 Å². The molecule has 2 heteroatoms. The summed E-state index contributed by atoms with van der Waals surface area (Å²) in [6.07, 6.45) is 1.12. The minimum Gasteiger partial charge on any atom is -0.329 e. The lowest BCUT2D eigenvalue weighted by Gasteiger charge is -2.08. The molecular weight excluding hydrogens is 88.1 g/mol. The highest BCUT2D eigenvalue weighted by molar-refractivity contribution is 4.60. The Kier molecular flexibility index (Phi) is 4.04. The van der Waals surface area contributed by atoms with Crippen molar-refractivity contribution in [1.29, 1.82) is 0 Å². The van der Waals surface area contributed by atoms with Crippen molar-refractivity contribution in [2.75, 3.05) is 13.6 Å². The van der Waals surface area contributed by atoms with E-state index >= 15 is 0 Å². The summed E-state index contributed by atoms with van der Waals surface area (Å²) in [4.78, 5) is 0. The van der Waals surface area contributed by atoms with Gasteiger partial charge in [-0.1, -0.05) is 6.92 Å². The predicted molar refractivity (Wildman–Crippen MR) is 32.2 cm³/mol. The number of rotatable bonds is 3. The normalized spacial score (nSPS) is 14.1. The van der Waals surface area contributed by atoms with E-state index in [0.717, 1.165) is 13.0 Å². The molecule has 0 amide bonds. The first kappa shape index (κ1) is 6.92. The highest BCUT2D eigenvalue weighted by Gasteiger charge is 1.94. The van der Waals surface area contributed by atoms with Gasteiger partial charge < -0.3 is 11.1 Å². The molecule has 0 bridgehead atoms. The largest absolute Gasteiger partial charge is 0.329 e. The van der Waals surface area contributed by atoms with E-state index in [1.165, 1.54) is 0 Å². The molecule has 0 fully saturated rings. The average Bonchev–Trinajstić information content (AvgIpc) is 1.72. The van der Waals surface area contributed by atoms with Gasteiger partial charge in [-0.2, -0.15) is 0 Å². The second-order valence-electron chi connectivity index (χ2n) is 1.63. The van der Waals surface area contributed by atoms with Crippen molar-refractivity contribution in [2.45, 2.75) is 19.4 Å². The van der Waals surface area contributed by atoms with E-state index in [1.54, 1.807) is 0 Å². The van der Waals surface area contributed by atoms with Gasteiger partial charge in [0.2, 0.25) is 0 Å². The number of nitrogens with one attached hydrogen (secondary N) is 1. The van der Waals surface area contributed by atoms with Crippen LogP contribution in [0.25, 0.3) is 0 Å². The van der Waals surface area contributed by atoms with Gasteiger partial charge in [0, 0.05) is 12.6 Å². The van der Waals surface area contributed by atoms with E-state index in [1.807, 2.05) is 7.05 Å². The number of likely N-dealkylation sites (N-methyl/N-ethyl adjacent to an activating group) is 1. The van der Waals surface area contributed by atoms with Gasteiger partial charge in [-0.05, 0) is 13.5 Å². The zero-order valence-electron chi connectivity index (χ0n) is 5.07. The van der Waals surface area contributed by atoms with E-state index in [2.05, 4.69) is 12.2 Å². The van der Waals surface area contributed by atoms with Crippen LogP contribution in [0.5, 0.6) is 0 Å². The molecule has 0 aliphatic heterocycles. The second kappa shape index (κ2) is 4.09. The maximum atomic E-state index is 5.33. The average molecular weight is 102 g/mol. The van der Waals surface area contributed by atoms with Gasteiger partial charge >= 0.3 is 0 Å². The number of nitrogens with two attached hydrogens (primary N) is 1. The van der Waals surface area contributed by atoms with Crippen LogP contribution in [-0.4, -0.2) is 19.6 Å². The summed E-state index contributed by atoms with van der Waals surface area (Å²) >= 11 is 0. The van der Waals surface area contributed by atoms with E-state index in [-0.39, 0.29) is 0 Å². The first-order chi connectivity index (χ1) is 3.35. The molecule has 3 N–H and O–H groups in total. The van der Waals surface area contributed by atoms with Crippen LogP contribution in [0.1, 0.15) is 13.3 Å². The standard InChI is InChI=1S/C5H14N2/c1-3-5(4-6)7-2/h5,7H,3-4,6H2,1-2H3/t5-/m1/s1.